The van der Waals surface area contributed by atoms with Gasteiger partial charge in [-0.3, -0.25) is 9.59 Å². The lowest BCUT2D eigenvalue weighted by atomic mass is 10.1. The molecule has 0 rings (SSSR count). The van der Waals surface area contributed by atoms with E-state index in [1.807, 2.05) is 0 Å². The van der Waals surface area contributed by atoms with Crippen molar-refractivity contribution in [3.63, 3.8) is 0 Å². The molecule has 8 N–H and O–H groups in total. The van der Waals surface area contributed by atoms with Crippen molar-refractivity contribution >= 4 is 11.8 Å². The third-order valence-electron chi connectivity index (χ3n) is 7.30. The van der Waals surface area contributed by atoms with E-state index in [4.69, 9.17) is 11.5 Å². The Morgan fingerprint density at radius 1 is 0.619 bits per heavy atom. The summed E-state index contributed by atoms with van der Waals surface area (Å²) in [6.07, 6.45) is 29.4. The second-order valence-electron chi connectivity index (χ2n) is 11.4. The van der Waals surface area contributed by atoms with Crippen molar-refractivity contribution in [1.82, 2.24) is 21.3 Å². The maximum absolute atomic E-state index is 12.2. The second-order valence-corrected chi connectivity index (χ2v) is 11.4. The molecule has 0 spiro atoms. The van der Waals surface area contributed by atoms with E-state index in [1.165, 1.54) is 44.9 Å². The van der Waals surface area contributed by atoms with Crippen LogP contribution in [-0.2, 0) is 9.59 Å². The van der Waals surface area contributed by atoms with Gasteiger partial charge in [0.25, 0.3) is 0 Å². The summed E-state index contributed by atoms with van der Waals surface area (Å²) in [7, 11) is 0. The fourth-order valence-corrected chi connectivity index (χ4v) is 4.57. The summed E-state index contributed by atoms with van der Waals surface area (Å²) >= 11 is 0. The molecule has 8 heteroatoms. The van der Waals surface area contributed by atoms with Gasteiger partial charge in [-0.25, -0.2) is 0 Å². The summed E-state index contributed by atoms with van der Waals surface area (Å²) < 4.78 is 0. The third kappa shape index (κ3) is 31.2. The average Bonchev–Trinajstić information content (AvgIpc) is 2.99. The molecule has 0 saturated heterocycles. The minimum atomic E-state index is -0.479. The molecule has 0 aromatic heterocycles. The lowest BCUT2D eigenvalue weighted by Gasteiger charge is -2.12. The standard InChI is InChI=1S/C34H68N6O2/c1-2-3-4-5-6-7-8-9-10-11-12-13-14-15-16-24-33(41)39-30-18-17-23-32(36)34(42)40-31-22-29-38-27-20-19-26-37-28-21-25-35/h6-7,9-10,32,37-38H,2-5,8,11-31,35-36H2,1H3,(H,39,41)(H,40,42)/b7-6-,10-9-/t32-/m1/s1. The summed E-state index contributed by atoms with van der Waals surface area (Å²) in [4.78, 5) is 24.2. The average molecular weight is 593 g/mol. The van der Waals surface area contributed by atoms with E-state index in [-0.39, 0.29) is 11.8 Å². The molecule has 0 heterocycles. The molecule has 0 aliphatic carbocycles. The summed E-state index contributed by atoms with van der Waals surface area (Å²) in [6, 6.07) is -0.479. The van der Waals surface area contributed by atoms with Crippen molar-refractivity contribution in [3.8, 4) is 0 Å². The van der Waals surface area contributed by atoms with Crippen LogP contribution in [0.15, 0.2) is 24.3 Å². The molecule has 0 aromatic rings. The summed E-state index contributed by atoms with van der Waals surface area (Å²) in [5, 5.41) is 12.7. The lowest BCUT2D eigenvalue weighted by Crippen LogP contribution is -2.41. The number of carbonyl (C=O) groups excluding carboxylic acids is 2. The number of unbranched alkanes of at least 4 members (excludes halogenated alkanes) is 10. The van der Waals surface area contributed by atoms with Crippen molar-refractivity contribution in [2.75, 3.05) is 45.8 Å². The Balaban J connectivity index is 3.44. The predicted octanol–water partition coefficient (Wildman–Crippen LogP) is 5.23. The second kappa shape index (κ2) is 33.8. The summed E-state index contributed by atoms with van der Waals surface area (Å²) in [5.74, 6) is 0.0550. The normalized spacial score (nSPS) is 12.4. The van der Waals surface area contributed by atoms with Crippen LogP contribution < -0.4 is 32.7 Å². The topological polar surface area (TPSA) is 134 Å². The first-order valence-electron chi connectivity index (χ1n) is 17.3. The van der Waals surface area contributed by atoms with Crippen LogP contribution >= 0.6 is 0 Å². The van der Waals surface area contributed by atoms with Gasteiger partial charge in [-0.1, -0.05) is 63.3 Å². The summed E-state index contributed by atoms with van der Waals surface area (Å²) in [6.45, 7) is 8.22. The maximum Gasteiger partial charge on any atom is 0.236 e. The van der Waals surface area contributed by atoms with Crippen LogP contribution in [0, 0.1) is 0 Å². The molecule has 1 atom stereocenters. The predicted molar refractivity (Wildman–Crippen MR) is 180 cm³/mol. The Morgan fingerprint density at radius 3 is 1.88 bits per heavy atom. The lowest BCUT2D eigenvalue weighted by molar-refractivity contribution is -0.123. The van der Waals surface area contributed by atoms with Gasteiger partial charge in [-0.05, 0) is 116 Å². The Morgan fingerprint density at radius 2 is 1.19 bits per heavy atom. The molecule has 2 amide bonds. The van der Waals surface area contributed by atoms with Gasteiger partial charge in [0.2, 0.25) is 11.8 Å². The molecule has 0 bridgehead atoms. The fraction of sp³-hybridized carbons (Fsp3) is 0.824. The highest BCUT2D eigenvalue weighted by molar-refractivity contribution is 5.81. The van der Waals surface area contributed by atoms with Gasteiger partial charge >= 0.3 is 0 Å². The Kier molecular flexibility index (Phi) is 32.4. The zero-order valence-corrected chi connectivity index (χ0v) is 27.2. The number of nitrogens with one attached hydrogen (secondary N) is 4. The molecule has 0 fully saturated rings. The van der Waals surface area contributed by atoms with Crippen LogP contribution in [-0.4, -0.2) is 63.7 Å². The third-order valence-corrected chi connectivity index (χ3v) is 7.30. The SMILES string of the molecule is CCCCC/C=C\C/C=C\CCCCCCCC(=O)NCCCC[C@@H](N)C(=O)NCCCNCCCCNCCCN. The molecule has 0 unspecified atom stereocenters. The quantitative estimate of drug-likeness (QED) is 0.0468. The first-order chi connectivity index (χ1) is 20.6. The van der Waals surface area contributed by atoms with Crippen molar-refractivity contribution in [1.29, 1.82) is 0 Å². The van der Waals surface area contributed by atoms with Gasteiger partial charge in [-0.15, -0.1) is 0 Å². The van der Waals surface area contributed by atoms with E-state index in [1.54, 1.807) is 0 Å². The van der Waals surface area contributed by atoms with Crippen LogP contribution in [0.4, 0.5) is 0 Å². The van der Waals surface area contributed by atoms with Crippen molar-refractivity contribution in [3.05, 3.63) is 24.3 Å². The molecule has 42 heavy (non-hydrogen) atoms. The highest BCUT2D eigenvalue weighted by atomic mass is 16.2. The Bertz CT molecular complexity index is 656. The van der Waals surface area contributed by atoms with E-state index >= 15 is 0 Å². The van der Waals surface area contributed by atoms with Gasteiger partial charge in [0.15, 0.2) is 0 Å². The minimum absolute atomic E-state index is 0.0797. The maximum atomic E-state index is 12.2. The largest absolute Gasteiger partial charge is 0.356 e. The minimum Gasteiger partial charge on any atom is -0.356 e. The van der Waals surface area contributed by atoms with E-state index < -0.39 is 6.04 Å². The smallest absolute Gasteiger partial charge is 0.236 e. The number of allylic oxidation sites excluding steroid dienone is 4. The van der Waals surface area contributed by atoms with E-state index in [0.29, 0.717) is 25.9 Å². The molecule has 0 aliphatic rings. The van der Waals surface area contributed by atoms with Crippen LogP contribution in [0.3, 0.4) is 0 Å². The number of rotatable bonds is 32. The van der Waals surface area contributed by atoms with E-state index in [2.05, 4.69) is 52.5 Å². The first kappa shape index (κ1) is 40.3. The van der Waals surface area contributed by atoms with E-state index in [0.717, 1.165) is 96.9 Å². The fourth-order valence-electron chi connectivity index (χ4n) is 4.57. The number of nitrogens with two attached hydrogens (primary N) is 2. The number of carbonyl (C=O) groups is 2. The number of hydrogen-bond donors (Lipinski definition) is 6. The molecular weight excluding hydrogens is 524 g/mol. The molecule has 246 valence electrons. The monoisotopic (exact) mass is 593 g/mol. The molecule has 0 aliphatic heterocycles. The van der Waals surface area contributed by atoms with Gasteiger partial charge in [0, 0.05) is 19.5 Å². The molecular formula is C34H68N6O2. The molecule has 0 aromatic carbocycles. The van der Waals surface area contributed by atoms with Crippen LogP contribution in [0.2, 0.25) is 0 Å². The number of hydrogen-bond acceptors (Lipinski definition) is 6. The zero-order valence-electron chi connectivity index (χ0n) is 27.2. The van der Waals surface area contributed by atoms with Crippen molar-refractivity contribution in [2.24, 2.45) is 11.5 Å². The van der Waals surface area contributed by atoms with Gasteiger partial charge in [-0.2, -0.15) is 0 Å². The zero-order chi connectivity index (χ0) is 30.8. The van der Waals surface area contributed by atoms with Crippen molar-refractivity contribution in [2.45, 2.75) is 135 Å². The van der Waals surface area contributed by atoms with Gasteiger partial charge in [0.1, 0.15) is 0 Å². The molecule has 0 radical (unpaired) electrons. The molecule has 8 nitrogen and oxygen atoms in total. The first-order valence-corrected chi connectivity index (χ1v) is 17.3. The van der Waals surface area contributed by atoms with Gasteiger partial charge < -0.3 is 32.7 Å². The molecule has 0 saturated carbocycles. The van der Waals surface area contributed by atoms with Crippen molar-refractivity contribution < 1.29 is 9.59 Å². The van der Waals surface area contributed by atoms with Gasteiger partial charge in [0.05, 0.1) is 6.04 Å². The Hall–Kier alpha value is -1.74. The highest BCUT2D eigenvalue weighted by Crippen LogP contribution is 2.08. The number of amides is 2. The highest BCUT2D eigenvalue weighted by Gasteiger charge is 2.12. The van der Waals surface area contributed by atoms with Crippen LogP contribution in [0.25, 0.3) is 0 Å². The Labute approximate surface area is 259 Å². The van der Waals surface area contributed by atoms with E-state index in [9.17, 15) is 9.59 Å². The van der Waals surface area contributed by atoms with Crippen LogP contribution in [0.1, 0.15) is 129 Å². The summed E-state index contributed by atoms with van der Waals surface area (Å²) in [5.41, 5.74) is 11.5. The van der Waals surface area contributed by atoms with Crippen LogP contribution in [0.5, 0.6) is 0 Å².